The molecule has 2 aromatic heterocycles. The Morgan fingerprint density at radius 1 is 0.889 bits per heavy atom. The van der Waals surface area contributed by atoms with Crippen LogP contribution in [0.25, 0.3) is 11.0 Å². The normalized spacial score (nSPS) is 11.4. The van der Waals surface area contributed by atoms with Crippen LogP contribution >= 0.6 is 0 Å². The number of methoxy groups -OCH3 is 2. The quantitative estimate of drug-likeness (QED) is 0.303. The summed E-state index contributed by atoms with van der Waals surface area (Å²) < 4.78 is 17.7. The van der Waals surface area contributed by atoms with Gasteiger partial charge in [-0.2, -0.15) is 0 Å². The van der Waals surface area contributed by atoms with Crippen molar-refractivity contribution in [1.82, 2.24) is 9.55 Å². The minimum absolute atomic E-state index is 0.417. The highest BCUT2D eigenvalue weighted by atomic mass is 16.6. The van der Waals surface area contributed by atoms with Crippen LogP contribution in [-0.4, -0.2) is 35.5 Å². The lowest BCUT2D eigenvalue weighted by molar-refractivity contribution is 0.0544. The van der Waals surface area contributed by atoms with E-state index in [0.717, 1.165) is 45.0 Å². The van der Waals surface area contributed by atoms with Gasteiger partial charge in [0.2, 0.25) is 0 Å². The summed E-state index contributed by atoms with van der Waals surface area (Å²) in [7, 11) is 3.33. The second-order valence-electron chi connectivity index (χ2n) is 9.75. The van der Waals surface area contributed by atoms with E-state index in [1.54, 1.807) is 20.4 Å². The van der Waals surface area contributed by atoms with Gasteiger partial charge in [-0.3, -0.25) is 4.57 Å². The number of anilines is 1. The predicted molar refractivity (Wildman–Crippen MR) is 142 cm³/mol. The standard InChI is InChI=1S/C29H33N3O4/c1-20-17-26-25(15-16-32(26)28(33)36-29(2,3)4)30-27(20)31(18-21-7-11-23(34-5)12-8-21)19-22-9-13-24(35-6)14-10-22/h7-17H,18-19H2,1-6H3. The van der Waals surface area contributed by atoms with E-state index in [2.05, 4.69) is 29.2 Å². The molecule has 2 heterocycles. The topological polar surface area (TPSA) is 65.8 Å². The maximum atomic E-state index is 12.7. The van der Waals surface area contributed by atoms with E-state index in [1.807, 2.05) is 64.1 Å². The lowest BCUT2D eigenvalue weighted by Crippen LogP contribution is -2.27. The molecule has 0 aliphatic rings. The molecule has 4 aromatic rings. The molecule has 0 fully saturated rings. The minimum Gasteiger partial charge on any atom is -0.497 e. The molecule has 36 heavy (non-hydrogen) atoms. The Morgan fingerprint density at radius 3 is 1.89 bits per heavy atom. The van der Waals surface area contributed by atoms with Gasteiger partial charge in [-0.15, -0.1) is 0 Å². The summed E-state index contributed by atoms with van der Waals surface area (Å²) in [6.07, 6.45) is 1.30. The van der Waals surface area contributed by atoms with Gasteiger partial charge in [-0.1, -0.05) is 24.3 Å². The van der Waals surface area contributed by atoms with Crippen LogP contribution in [0.4, 0.5) is 10.6 Å². The van der Waals surface area contributed by atoms with Crippen LogP contribution in [0.3, 0.4) is 0 Å². The van der Waals surface area contributed by atoms with E-state index >= 15 is 0 Å². The number of rotatable bonds is 7. The summed E-state index contributed by atoms with van der Waals surface area (Å²) in [5, 5.41) is 0. The van der Waals surface area contributed by atoms with Crippen molar-refractivity contribution in [3.63, 3.8) is 0 Å². The Morgan fingerprint density at radius 2 is 1.42 bits per heavy atom. The fourth-order valence-electron chi connectivity index (χ4n) is 4.04. The van der Waals surface area contributed by atoms with Gasteiger partial charge in [-0.25, -0.2) is 9.78 Å². The molecular weight excluding hydrogens is 454 g/mol. The molecule has 0 spiro atoms. The summed E-state index contributed by atoms with van der Waals surface area (Å²) >= 11 is 0. The molecule has 0 radical (unpaired) electrons. The number of hydrogen-bond acceptors (Lipinski definition) is 6. The first-order valence-corrected chi connectivity index (χ1v) is 11.9. The van der Waals surface area contributed by atoms with Crippen LogP contribution in [-0.2, 0) is 17.8 Å². The van der Waals surface area contributed by atoms with Crippen molar-refractivity contribution in [2.24, 2.45) is 0 Å². The average Bonchev–Trinajstić information content (AvgIpc) is 3.26. The van der Waals surface area contributed by atoms with E-state index in [9.17, 15) is 4.79 Å². The summed E-state index contributed by atoms with van der Waals surface area (Å²) in [4.78, 5) is 20.0. The molecule has 0 atom stereocenters. The third kappa shape index (κ3) is 5.79. The molecule has 0 saturated heterocycles. The smallest absolute Gasteiger partial charge is 0.419 e. The van der Waals surface area contributed by atoms with Gasteiger partial charge in [0.25, 0.3) is 0 Å². The Balaban J connectivity index is 1.70. The number of benzene rings is 2. The van der Waals surface area contributed by atoms with E-state index < -0.39 is 11.7 Å². The van der Waals surface area contributed by atoms with Crippen molar-refractivity contribution >= 4 is 22.9 Å². The lowest BCUT2D eigenvalue weighted by atomic mass is 10.1. The molecular formula is C29H33N3O4. The second kappa shape index (κ2) is 10.3. The molecule has 0 unspecified atom stereocenters. The van der Waals surface area contributed by atoms with Crippen molar-refractivity contribution in [2.45, 2.75) is 46.4 Å². The van der Waals surface area contributed by atoms with Crippen LogP contribution < -0.4 is 14.4 Å². The van der Waals surface area contributed by atoms with Gasteiger partial charge >= 0.3 is 6.09 Å². The van der Waals surface area contributed by atoms with Crippen LogP contribution in [0.5, 0.6) is 11.5 Å². The third-order valence-corrected chi connectivity index (χ3v) is 5.79. The van der Waals surface area contributed by atoms with Gasteiger partial charge in [0.05, 0.1) is 25.3 Å². The van der Waals surface area contributed by atoms with Gasteiger partial charge < -0.3 is 19.1 Å². The van der Waals surface area contributed by atoms with Gasteiger partial charge in [0.1, 0.15) is 22.9 Å². The second-order valence-corrected chi connectivity index (χ2v) is 9.75. The third-order valence-electron chi connectivity index (χ3n) is 5.79. The Bertz CT molecular complexity index is 1290. The van der Waals surface area contributed by atoms with Crippen molar-refractivity contribution < 1.29 is 19.0 Å². The van der Waals surface area contributed by atoms with Gasteiger partial charge in [-0.05, 0) is 80.8 Å². The highest BCUT2D eigenvalue weighted by Gasteiger charge is 2.21. The molecule has 4 rings (SSSR count). The number of aryl methyl sites for hydroxylation is 1. The molecule has 0 aliphatic carbocycles. The molecule has 2 aromatic carbocycles. The number of aromatic nitrogens is 2. The average molecular weight is 488 g/mol. The van der Waals surface area contributed by atoms with Crippen LogP contribution in [0.15, 0.2) is 66.9 Å². The van der Waals surface area contributed by atoms with Crippen LogP contribution in [0, 0.1) is 6.92 Å². The number of fused-ring (bicyclic) bond motifs is 1. The number of carbonyl (C=O) groups excluding carboxylic acids is 1. The van der Waals surface area contributed by atoms with E-state index in [0.29, 0.717) is 13.1 Å². The molecule has 0 N–H and O–H groups in total. The summed E-state index contributed by atoms with van der Waals surface area (Å²) in [6.45, 7) is 8.89. The van der Waals surface area contributed by atoms with Crippen LogP contribution in [0.2, 0.25) is 0 Å². The number of hydrogen-bond donors (Lipinski definition) is 0. The van der Waals surface area contributed by atoms with Gasteiger partial charge in [0, 0.05) is 19.3 Å². The van der Waals surface area contributed by atoms with Crippen molar-refractivity contribution in [3.05, 3.63) is 83.6 Å². The zero-order valence-corrected chi connectivity index (χ0v) is 21.7. The zero-order valence-electron chi connectivity index (χ0n) is 21.7. The minimum atomic E-state index is -0.580. The number of carbonyl (C=O) groups is 1. The summed E-state index contributed by atoms with van der Waals surface area (Å²) in [5.41, 5.74) is 4.11. The maximum Gasteiger partial charge on any atom is 0.419 e. The SMILES string of the molecule is COc1ccc(CN(Cc2ccc(OC)cc2)c2nc3ccn(C(=O)OC(C)(C)C)c3cc2C)cc1. The Hall–Kier alpha value is -4.00. The lowest BCUT2D eigenvalue weighted by Gasteiger charge is -2.26. The van der Waals surface area contributed by atoms with E-state index in [4.69, 9.17) is 19.2 Å². The predicted octanol–water partition coefficient (Wildman–Crippen LogP) is 6.35. The van der Waals surface area contributed by atoms with Gasteiger partial charge in [0.15, 0.2) is 0 Å². The molecule has 188 valence electrons. The largest absolute Gasteiger partial charge is 0.497 e. The van der Waals surface area contributed by atoms with E-state index in [1.165, 1.54) is 4.57 Å². The molecule has 7 heteroatoms. The monoisotopic (exact) mass is 487 g/mol. The van der Waals surface area contributed by atoms with Crippen molar-refractivity contribution in [2.75, 3.05) is 19.1 Å². The Labute approximate surface area is 212 Å². The summed E-state index contributed by atoms with van der Waals surface area (Å²) in [5.74, 6) is 2.50. The highest BCUT2D eigenvalue weighted by Crippen LogP contribution is 2.28. The highest BCUT2D eigenvalue weighted by molar-refractivity contribution is 5.89. The number of ether oxygens (including phenoxy) is 3. The first-order valence-electron chi connectivity index (χ1n) is 11.9. The molecule has 7 nitrogen and oxygen atoms in total. The maximum absolute atomic E-state index is 12.7. The number of pyridine rings is 1. The Kier molecular flexibility index (Phi) is 7.20. The first kappa shape index (κ1) is 25.1. The van der Waals surface area contributed by atoms with Crippen molar-refractivity contribution in [1.29, 1.82) is 0 Å². The fourth-order valence-corrected chi connectivity index (χ4v) is 4.04. The van der Waals surface area contributed by atoms with E-state index in [-0.39, 0.29) is 0 Å². The molecule has 0 aliphatic heterocycles. The zero-order chi connectivity index (χ0) is 25.9. The summed E-state index contributed by atoms with van der Waals surface area (Å²) in [6, 6.07) is 19.9. The van der Waals surface area contributed by atoms with Crippen molar-refractivity contribution in [3.8, 4) is 11.5 Å². The number of nitrogens with zero attached hydrogens (tertiary/aromatic N) is 3. The molecule has 0 saturated carbocycles. The first-order chi connectivity index (χ1) is 17.2. The van der Waals surface area contributed by atoms with Crippen LogP contribution in [0.1, 0.15) is 37.5 Å². The molecule has 0 amide bonds. The molecule has 0 bridgehead atoms. The fraction of sp³-hybridized carbons (Fsp3) is 0.310.